The van der Waals surface area contributed by atoms with E-state index in [-0.39, 0.29) is 17.9 Å². The summed E-state index contributed by atoms with van der Waals surface area (Å²) in [6.07, 6.45) is 3.22. The monoisotopic (exact) mass is 268 g/mol. The van der Waals surface area contributed by atoms with Crippen molar-refractivity contribution in [3.05, 3.63) is 10.6 Å². The van der Waals surface area contributed by atoms with Gasteiger partial charge in [0.15, 0.2) is 0 Å². The van der Waals surface area contributed by atoms with Gasteiger partial charge in [0.25, 0.3) is 5.91 Å². The van der Waals surface area contributed by atoms with Crippen LogP contribution in [0.1, 0.15) is 54.4 Å². The first-order valence-corrected chi connectivity index (χ1v) is 7.25. The van der Waals surface area contributed by atoms with Crippen LogP contribution >= 0.6 is 11.5 Å². The topological polar surface area (TPSA) is 72.1 Å². The van der Waals surface area contributed by atoms with Crippen LogP contribution in [-0.2, 0) is 0 Å². The molecule has 0 spiro atoms. The molecular formula is C12H20N4OS. The number of nitrogens with zero attached hydrogens (tertiary/aromatic N) is 3. The van der Waals surface area contributed by atoms with Gasteiger partial charge in [-0.2, -0.15) is 0 Å². The molecule has 1 unspecified atom stereocenters. The number of carbonyl (C=O) groups is 1. The number of nitrogens with two attached hydrogens (primary N) is 1. The Kier molecular flexibility index (Phi) is 4.29. The van der Waals surface area contributed by atoms with Crippen LogP contribution in [0.25, 0.3) is 0 Å². The van der Waals surface area contributed by atoms with Crippen LogP contribution in [0.5, 0.6) is 0 Å². The van der Waals surface area contributed by atoms with Crippen molar-refractivity contribution >= 4 is 17.4 Å². The number of hydrogen-bond acceptors (Lipinski definition) is 5. The summed E-state index contributed by atoms with van der Waals surface area (Å²) in [5.74, 6) is 0.285. The molecule has 0 aliphatic carbocycles. The highest BCUT2D eigenvalue weighted by Gasteiger charge is 2.30. The lowest BCUT2D eigenvalue weighted by molar-refractivity contribution is 0.0626. The second-order valence-corrected chi connectivity index (χ2v) is 5.78. The minimum atomic E-state index is 0.0591. The fourth-order valence-electron chi connectivity index (χ4n) is 2.37. The third-order valence-electron chi connectivity index (χ3n) is 3.41. The summed E-state index contributed by atoms with van der Waals surface area (Å²) in [5, 5.41) is 4.07. The Morgan fingerprint density at radius 1 is 1.56 bits per heavy atom. The zero-order valence-corrected chi connectivity index (χ0v) is 11.7. The van der Waals surface area contributed by atoms with Crippen molar-refractivity contribution in [3.8, 4) is 0 Å². The Balaban J connectivity index is 2.21. The van der Waals surface area contributed by atoms with Gasteiger partial charge in [0.2, 0.25) is 0 Å². The molecule has 1 aliphatic heterocycles. The van der Waals surface area contributed by atoms with Gasteiger partial charge >= 0.3 is 0 Å². The maximum absolute atomic E-state index is 12.6. The standard InChI is InChI=1S/C12H20N4OS/c1-8(2)10-11(18-15-14-10)12(17)16-6-4-3-5-9(16)7-13/h8-9H,3-7,13H2,1-2H3. The molecule has 1 aromatic heterocycles. The van der Waals surface area contributed by atoms with Gasteiger partial charge in [0.05, 0.1) is 5.69 Å². The molecule has 100 valence electrons. The summed E-state index contributed by atoms with van der Waals surface area (Å²) in [6.45, 7) is 5.40. The number of rotatable bonds is 3. The van der Waals surface area contributed by atoms with E-state index in [2.05, 4.69) is 9.59 Å². The van der Waals surface area contributed by atoms with Crippen LogP contribution in [0.2, 0.25) is 0 Å². The molecule has 2 rings (SSSR count). The smallest absolute Gasteiger partial charge is 0.267 e. The van der Waals surface area contributed by atoms with Gasteiger partial charge in [0, 0.05) is 19.1 Å². The van der Waals surface area contributed by atoms with Gasteiger partial charge in [-0.1, -0.05) is 18.3 Å². The highest BCUT2D eigenvalue weighted by Crippen LogP contribution is 2.25. The third-order valence-corrected chi connectivity index (χ3v) is 4.14. The van der Waals surface area contributed by atoms with Crippen LogP contribution in [0, 0.1) is 0 Å². The van der Waals surface area contributed by atoms with Crippen molar-refractivity contribution in [1.29, 1.82) is 0 Å². The van der Waals surface area contributed by atoms with Crippen molar-refractivity contribution in [3.63, 3.8) is 0 Å². The first-order valence-electron chi connectivity index (χ1n) is 6.48. The van der Waals surface area contributed by atoms with E-state index in [9.17, 15) is 4.79 Å². The zero-order valence-electron chi connectivity index (χ0n) is 10.9. The molecular weight excluding hydrogens is 248 g/mol. The third kappa shape index (κ3) is 2.54. The second-order valence-electron chi connectivity index (χ2n) is 5.03. The lowest BCUT2D eigenvalue weighted by Crippen LogP contribution is -2.47. The summed E-state index contributed by atoms with van der Waals surface area (Å²) in [7, 11) is 0. The van der Waals surface area contributed by atoms with E-state index in [0.717, 1.165) is 31.5 Å². The van der Waals surface area contributed by atoms with Gasteiger partial charge in [-0.15, -0.1) is 5.10 Å². The van der Waals surface area contributed by atoms with Gasteiger partial charge in [-0.3, -0.25) is 4.79 Å². The number of hydrogen-bond donors (Lipinski definition) is 1. The van der Waals surface area contributed by atoms with Crippen LogP contribution < -0.4 is 5.73 Å². The average molecular weight is 268 g/mol. The molecule has 0 bridgehead atoms. The highest BCUT2D eigenvalue weighted by atomic mass is 32.1. The lowest BCUT2D eigenvalue weighted by atomic mass is 10.0. The summed E-state index contributed by atoms with van der Waals surface area (Å²) >= 11 is 1.20. The Bertz CT molecular complexity index is 418. The van der Waals surface area contributed by atoms with Gasteiger partial charge < -0.3 is 10.6 Å². The van der Waals surface area contributed by atoms with E-state index in [4.69, 9.17) is 5.73 Å². The maximum atomic E-state index is 12.6. The number of amides is 1. The summed E-state index contributed by atoms with van der Waals surface area (Å²) in [5.41, 5.74) is 6.57. The second kappa shape index (κ2) is 5.75. The summed E-state index contributed by atoms with van der Waals surface area (Å²) in [4.78, 5) is 15.1. The fraction of sp³-hybridized carbons (Fsp3) is 0.750. The average Bonchev–Trinajstić information content (AvgIpc) is 2.87. The van der Waals surface area contributed by atoms with Crippen molar-refractivity contribution in [1.82, 2.24) is 14.5 Å². The molecule has 1 aliphatic rings. The minimum Gasteiger partial charge on any atom is -0.334 e. The van der Waals surface area contributed by atoms with Gasteiger partial charge in [-0.05, 0) is 36.7 Å². The molecule has 1 aromatic rings. The molecule has 1 saturated heterocycles. The van der Waals surface area contributed by atoms with Crippen molar-refractivity contribution < 1.29 is 4.79 Å². The van der Waals surface area contributed by atoms with E-state index in [0.29, 0.717) is 11.4 Å². The largest absolute Gasteiger partial charge is 0.334 e. The quantitative estimate of drug-likeness (QED) is 0.904. The Morgan fingerprint density at radius 2 is 2.33 bits per heavy atom. The number of likely N-dealkylation sites (tertiary alicyclic amines) is 1. The van der Waals surface area contributed by atoms with Crippen LogP contribution in [0.4, 0.5) is 0 Å². The predicted molar refractivity (Wildman–Crippen MR) is 71.7 cm³/mol. The van der Waals surface area contributed by atoms with E-state index >= 15 is 0 Å². The van der Waals surface area contributed by atoms with Crippen molar-refractivity contribution in [2.24, 2.45) is 5.73 Å². The molecule has 2 N–H and O–H groups in total. The van der Waals surface area contributed by atoms with Crippen LogP contribution in [-0.4, -0.2) is 39.5 Å². The predicted octanol–water partition coefficient (Wildman–Crippen LogP) is 1.61. The van der Waals surface area contributed by atoms with Crippen molar-refractivity contribution in [2.45, 2.75) is 45.1 Å². The molecule has 2 heterocycles. The Hall–Kier alpha value is -1.01. The minimum absolute atomic E-state index is 0.0591. The Labute approximate surface area is 112 Å². The van der Waals surface area contributed by atoms with Gasteiger partial charge in [0.1, 0.15) is 4.88 Å². The number of aromatic nitrogens is 2. The van der Waals surface area contributed by atoms with E-state index in [1.54, 1.807) is 0 Å². The van der Waals surface area contributed by atoms with Crippen molar-refractivity contribution in [2.75, 3.05) is 13.1 Å². The molecule has 5 nitrogen and oxygen atoms in total. The SMILES string of the molecule is CC(C)c1nnsc1C(=O)N1CCCCC1CN. The fourth-order valence-corrected chi connectivity index (χ4v) is 3.14. The van der Waals surface area contributed by atoms with Crippen LogP contribution in [0.3, 0.4) is 0 Å². The van der Waals surface area contributed by atoms with Crippen LogP contribution in [0.15, 0.2) is 0 Å². The highest BCUT2D eigenvalue weighted by molar-refractivity contribution is 7.08. The molecule has 1 atom stereocenters. The molecule has 1 amide bonds. The van der Waals surface area contributed by atoms with E-state index in [1.807, 2.05) is 18.7 Å². The molecule has 6 heteroatoms. The van der Waals surface area contributed by atoms with E-state index in [1.165, 1.54) is 11.5 Å². The molecule has 18 heavy (non-hydrogen) atoms. The van der Waals surface area contributed by atoms with E-state index < -0.39 is 0 Å². The molecule has 0 aromatic carbocycles. The first-order chi connectivity index (χ1) is 8.65. The number of carbonyl (C=O) groups excluding carboxylic acids is 1. The summed E-state index contributed by atoms with van der Waals surface area (Å²) in [6, 6.07) is 0.174. The normalized spacial score (nSPS) is 20.4. The lowest BCUT2D eigenvalue weighted by Gasteiger charge is -2.34. The zero-order chi connectivity index (χ0) is 13.1. The molecule has 0 saturated carbocycles. The van der Waals surface area contributed by atoms with Gasteiger partial charge in [-0.25, -0.2) is 0 Å². The maximum Gasteiger partial charge on any atom is 0.267 e. The Morgan fingerprint density at radius 3 is 3.00 bits per heavy atom. The molecule has 0 radical (unpaired) electrons. The summed E-state index contributed by atoms with van der Waals surface area (Å²) < 4.78 is 3.92. The number of piperidine rings is 1. The first kappa shape index (κ1) is 13.4. The molecule has 1 fully saturated rings.